The molecule has 112 valence electrons. The van der Waals surface area contributed by atoms with Crippen LogP contribution in [0, 0.1) is 5.92 Å². The fraction of sp³-hybridized carbons (Fsp3) is 1.00. The summed E-state index contributed by atoms with van der Waals surface area (Å²) in [6.07, 6.45) is 7.61. The number of aliphatic hydroxyl groups excluding tert-OH is 1. The van der Waals surface area contributed by atoms with Crippen LogP contribution in [0.15, 0.2) is 0 Å². The van der Waals surface area contributed by atoms with Crippen molar-refractivity contribution in [3.05, 3.63) is 0 Å². The normalized spacial score (nSPS) is 32.4. The van der Waals surface area contributed by atoms with Crippen LogP contribution in [0.2, 0.25) is 0 Å². The number of rotatable bonds is 5. The summed E-state index contributed by atoms with van der Waals surface area (Å²) in [6.45, 7) is 10.3. The molecule has 2 saturated heterocycles. The third-order valence-electron chi connectivity index (χ3n) is 4.98. The second-order valence-electron chi connectivity index (χ2n) is 6.67. The number of hydrogen-bond acceptors (Lipinski definition) is 3. The van der Waals surface area contributed by atoms with E-state index in [9.17, 15) is 5.11 Å². The molecule has 1 N–H and O–H groups in total. The Morgan fingerprint density at radius 3 is 2.74 bits per heavy atom. The Morgan fingerprint density at radius 1 is 1.16 bits per heavy atom. The van der Waals surface area contributed by atoms with E-state index >= 15 is 0 Å². The third-order valence-corrected chi connectivity index (χ3v) is 4.98. The highest BCUT2D eigenvalue weighted by Crippen LogP contribution is 2.22. The molecule has 2 heterocycles. The van der Waals surface area contributed by atoms with Gasteiger partial charge in [0.05, 0.1) is 6.10 Å². The molecule has 3 heteroatoms. The van der Waals surface area contributed by atoms with Crippen LogP contribution in [0.3, 0.4) is 0 Å². The summed E-state index contributed by atoms with van der Waals surface area (Å²) in [6, 6.07) is 0.783. The van der Waals surface area contributed by atoms with E-state index in [0.29, 0.717) is 0 Å². The minimum atomic E-state index is -0.132. The van der Waals surface area contributed by atoms with Crippen LogP contribution in [-0.4, -0.2) is 59.8 Å². The van der Waals surface area contributed by atoms with Gasteiger partial charge in [-0.15, -0.1) is 0 Å². The SMILES string of the molecule is CCC(O)CN1CCCC(CN2CCCCC2C)C1. The van der Waals surface area contributed by atoms with Gasteiger partial charge in [-0.3, -0.25) is 0 Å². The molecule has 3 nitrogen and oxygen atoms in total. The van der Waals surface area contributed by atoms with Gasteiger partial charge in [-0.1, -0.05) is 13.3 Å². The number of β-amino-alcohol motifs (C(OH)–C–C–N with tert-alkyl or cyclic N) is 1. The topological polar surface area (TPSA) is 26.7 Å². The van der Waals surface area contributed by atoms with Crippen LogP contribution < -0.4 is 0 Å². The molecule has 0 aromatic carbocycles. The molecule has 19 heavy (non-hydrogen) atoms. The van der Waals surface area contributed by atoms with Gasteiger partial charge in [-0.25, -0.2) is 0 Å². The first kappa shape index (κ1) is 15.3. The van der Waals surface area contributed by atoms with E-state index in [1.165, 1.54) is 58.3 Å². The average molecular weight is 268 g/mol. The third kappa shape index (κ3) is 4.73. The van der Waals surface area contributed by atoms with Crippen LogP contribution in [0.25, 0.3) is 0 Å². The Bertz CT molecular complexity index is 259. The van der Waals surface area contributed by atoms with Crippen molar-refractivity contribution in [3.63, 3.8) is 0 Å². The van der Waals surface area contributed by atoms with Crippen LogP contribution >= 0.6 is 0 Å². The first-order valence-electron chi connectivity index (χ1n) is 8.33. The minimum Gasteiger partial charge on any atom is -0.392 e. The van der Waals surface area contributed by atoms with Crippen molar-refractivity contribution in [2.75, 3.05) is 32.7 Å². The van der Waals surface area contributed by atoms with E-state index in [1.54, 1.807) is 0 Å². The zero-order chi connectivity index (χ0) is 13.7. The lowest BCUT2D eigenvalue weighted by Crippen LogP contribution is -2.46. The van der Waals surface area contributed by atoms with Crippen molar-refractivity contribution >= 4 is 0 Å². The van der Waals surface area contributed by atoms with Gasteiger partial charge in [0, 0.05) is 25.7 Å². The Kier molecular flexibility index (Phi) is 6.11. The standard InChI is InChI=1S/C16H32N2O/c1-3-16(19)13-17-9-6-8-15(11-17)12-18-10-5-4-7-14(18)2/h14-16,19H,3-13H2,1-2H3. The van der Waals surface area contributed by atoms with E-state index in [2.05, 4.69) is 23.6 Å². The molecular formula is C16H32N2O. The molecule has 0 aromatic rings. The van der Waals surface area contributed by atoms with Crippen LogP contribution in [0.4, 0.5) is 0 Å². The molecule has 0 saturated carbocycles. The fourth-order valence-electron chi connectivity index (χ4n) is 3.65. The molecule has 0 aromatic heterocycles. The maximum Gasteiger partial charge on any atom is 0.0664 e. The van der Waals surface area contributed by atoms with Gasteiger partial charge in [0.2, 0.25) is 0 Å². The molecule has 0 aliphatic carbocycles. The molecular weight excluding hydrogens is 236 g/mol. The summed E-state index contributed by atoms with van der Waals surface area (Å²) in [4.78, 5) is 5.19. The molecule has 2 aliphatic heterocycles. The Balaban J connectivity index is 1.77. The lowest BCUT2D eigenvalue weighted by atomic mass is 9.94. The number of nitrogens with zero attached hydrogens (tertiary/aromatic N) is 2. The van der Waals surface area contributed by atoms with E-state index in [1.807, 2.05) is 0 Å². The molecule has 0 spiro atoms. The van der Waals surface area contributed by atoms with Gasteiger partial charge in [0.1, 0.15) is 0 Å². The fourth-order valence-corrected chi connectivity index (χ4v) is 3.65. The lowest BCUT2D eigenvalue weighted by molar-refractivity contribution is 0.0603. The van der Waals surface area contributed by atoms with Crippen molar-refractivity contribution < 1.29 is 5.11 Å². The van der Waals surface area contributed by atoms with Gasteiger partial charge < -0.3 is 14.9 Å². The molecule has 2 rings (SSSR count). The van der Waals surface area contributed by atoms with Crippen molar-refractivity contribution in [3.8, 4) is 0 Å². The average Bonchev–Trinajstić information content (AvgIpc) is 2.42. The van der Waals surface area contributed by atoms with Crippen LogP contribution in [0.1, 0.15) is 52.4 Å². The highest BCUT2D eigenvalue weighted by atomic mass is 16.3. The first-order chi connectivity index (χ1) is 9.19. The van der Waals surface area contributed by atoms with E-state index in [4.69, 9.17) is 0 Å². The van der Waals surface area contributed by atoms with Crippen molar-refractivity contribution in [1.29, 1.82) is 0 Å². The lowest BCUT2D eigenvalue weighted by Gasteiger charge is -2.40. The number of aliphatic hydroxyl groups is 1. The number of likely N-dealkylation sites (tertiary alicyclic amines) is 2. The molecule has 0 radical (unpaired) electrons. The summed E-state index contributed by atoms with van der Waals surface area (Å²) in [7, 11) is 0. The Labute approximate surface area is 119 Å². The summed E-state index contributed by atoms with van der Waals surface area (Å²) >= 11 is 0. The Morgan fingerprint density at radius 2 is 2.00 bits per heavy atom. The maximum absolute atomic E-state index is 9.81. The highest BCUT2D eigenvalue weighted by Gasteiger charge is 2.26. The predicted molar refractivity (Wildman–Crippen MR) is 80.3 cm³/mol. The summed E-state index contributed by atoms with van der Waals surface area (Å²) in [5.41, 5.74) is 0. The molecule has 0 amide bonds. The Hall–Kier alpha value is -0.120. The maximum atomic E-state index is 9.81. The zero-order valence-electron chi connectivity index (χ0n) is 12.9. The van der Waals surface area contributed by atoms with Gasteiger partial charge in [0.15, 0.2) is 0 Å². The number of hydrogen-bond donors (Lipinski definition) is 1. The van der Waals surface area contributed by atoms with Crippen LogP contribution in [0.5, 0.6) is 0 Å². The zero-order valence-corrected chi connectivity index (χ0v) is 12.9. The monoisotopic (exact) mass is 268 g/mol. The molecule has 3 atom stereocenters. The van der Waals surface area contributed by atoms with Gasteiger partial charge >= 0.3 is 0 Å². The molecule has 0 bridgehead atoms. The van der Waals surface area contributed by atoms with Crippen molar-refractivity contribution in [2.45, 2.75) is 64.5 Å². The number of piperidine rings is 2. The van der Waals surface area contributed by atoms with Crippen molar-refractivity contribution in [1.82, 2.24) is 9.80 Å². The first-order valence-corrected chi connectivity index (χ1v) is 8.33. The largest absolute Gasteiger partial charge is 0.392 e. The van der Waals surface area contributed by atoms with E-state index < -0.39 is 0 Å². The van der Waals surface area contributed by atoms with E-state index in [0.717, 1.165) is 24.9 Å². The van der Waals surface area contributed by atoms with Crippen LogP contribution in [-0.2, 0) is 0 Å². The van der Waals surface area contributed by atoms with Crippen molar-refractivity contribution in [2.24, 2.45) is 5.92 Å². The van der Waals surface area contributed by atoms with Gasteiger partial charge in [0.25, 0.3) is 0 Å². The second kappa shape index (κ2) is 7.61. The second-order valence-corrected chi connectivity index (χ2v) is 6.67. The van der Waals surface area contributed by atoms with Gasteiger partial charge in [-0.2, -0.15) is 0 Å². The molecule has 2 aliphatic rings. The smallest absolute Gasteiger partial charge is 0.0664 e. The van der Waals surface area contributed by atoms with Gasteiger partial charge in [-0.05, 0) is 58.0 Å². The summed E-state index contributed by atoms with van der Waals surface area (Å²) < 4.78 is 0. The molecule has 3 unspecified atom stereocenters. The summed E-state index contributed by atoms with van der Waals surface area (Å²) in [5.74, 6) is 0.818. The molecule has 2 fully saturated rings. The predicted octanol–water partition coefficient (Wildman–Crippen LogP) is 2.34. The highest BCUT2D eigenvalue weighted by molar-refractivity contribution is 4.80. The van der Waals surface area contributed by atoms with E-state index in [-0.39, 0.29) is 6.10 Å². The summed E-state index contributed by atoms with van der Waals surface area (Å²) in [5, 5.41) is 9.81. The quantitative estimate of drug-likeness (QED) is 0.829. The minimum absolute atomic E-state index is 0.132.